The molecule has 1 N–H and O–H groups in total. The summed E-state index contributed by atoms with van der Waals surface area (Å²) in [6.07, 6.45) is 4.33. The Labute approximate surface area is 155 Å². The molecule has 0 saturated heterocycles. The van der Waals surface area contributed by atoms with Crippen LogP contribution < -0.4 is 5.32 Å². The van der Waals surface area contributed by atoms with Gasteiger partial charge in [-0.1, -0.05) is 6.92 Å². The molecular formula is C19H20FN5O2. The fourth-order valence-electron chi connectivity index (χ4n) is 3.19. The summed E-state index contributed by atoms with van der Waals surface area (Å²) in [4.78, 5) is 23.0. The molecule has 0 fully saturated rings. The Morgan fingerprint density at radius 2 is 2.19 bits per heavy atom. The zero-order valence-electron chi connectivity index (χ0n) is 15.2. The van der Waals surface area contributed by atoms with Gasteiger partial charge in [0.15, 0.2) is 0 Å². The van der Waals surface area contributed by atoms with Gasteiger partial charge in [-0.05, 0) is 31.2 Å². The van der Waals surface area contributed by atoms with Gasteiger partial charge in [0.2, 0.25) is 5.89 Å². The zero-order valence-corrected chi connectivity index (χ0v) is 15.2. The number of nitrogens with zero attached hydrogens (tertiary/aromatic N) is 4. The predicted molar refractivity (Wildman–Crippen MR) is 96.8 cm³/mol. The minimum Gasteiger partial charge on any atom is -0.438 e. The van der Waals surface area contributed by atoms with Crippen LogP contribution in [0.25, 0.3) is 17.3 Å². The first kappa shape index (κ1) is 17.4. The second kappa shape index (κ2) is 6.96. The number of hydrogen-bond acceptors (Lipinski definition) is 5. The lowest BCUT2D eigenvalue weighted by atomic mass is 10.1. The number of amides is 1. The van der Waals surface area contributed by atoms with Gasteiger partial charge in [0, 0.05) is 7.05 Å². The second-order valence-corrected chi connectivity index (χ2v) is 6.54. The molecule has 1 aliphatic heterocycles. The Balaban J connectivity index is 1.74. The molecule has 0 spiro atoms. The Hall–Kier alpha value is -3.00. The van der Waals surface area contributed by atoms with Crippen molar-refractivity contribution < 1.29 is 13.6 Å². The summed E-state index contributed by atoms with van der Waals surface area (Å²) < 4.78 is 21.3. The summed E-state index contributed by atoms with van der Waals surface area (Å²) in [6.45, 7) is 3.91. The van der Waals surface area contributed by atoms with Crippen molar-refractivity contribution in [1.82, 2.24) is 24.8 Å². The van der Waals surface area contributed by atoms with Gasteiger partial charge in [-0.2, -0.15) is 0 Å². The van der Waals surface area contributed by atoms with E-state index in [0.717, 1.165) is 24.4 Å². The molecule has 8 heteroatoms. The van der Waals surface area contributed by atoms with Crippen LogP contribution in [0.2, 0.25) is 0 Å². The van der Waals surface area contributed by atoms with Crippen molar-refractivity contribution in [2.75, 3.05) is 13.6 Å². The first-order valence-electron chi connectivity index (χ1n) is 8.86. The molecule has 2 aromatic heterocycles. The number of carbonyl (C=O) groups is 1. The van der Waals surface area contributed by atoms with E-state index in [4.69, 9.17) is 4.42 Å². The fraction of sp³-hybridized carbons (Fsp3) is 0.316. The molecule has 7 nitrogen and oxygen atoms in total. The van der Waals surface area contributed by atoms with Crippen molar-refractivity contribution in [3.8, 4) is 17.3 Å². The van der Waals surface area contributed by atoms with Gasteiger partial charge in [0.05, 0.1) is 36.2 Å². The van der Waals surface area contributed by atoms with Crippen molar-refractivity contribution in [2.45, 2.75) is 26.4 Å². The molecule has 0 unspecified atom stereocenters. The second-order valence-electron chi connectivity index (χ2n) is 6.54. The quantitative estimate of drug-likeness (QED) is 0.700. The number of halogens is 1. The number of rotatable bonds is 5. The van der Waals surface area contributed by atoms with E-state index >= 15 is 0 Å². The van der Waals surface area contributed by atoms with E-state index in [1.54, 1.807) is 30.2 Å². The molecule has 1 amide bonds. The largest absolute Gasteiger partial charge is 0.438 e. The molecule has 27 heavy (non-hydrogen) atoms. The topological polar surface area (TPSA) is 76.2 Å². The maximum atomic E-state index is 13.7. The molecule has 0 atom stereocenters. The van der Waals surface area contributed by atoms with Crippen molar-refractivity contribution >= 4 is 5.91 Å². The molecule has 0 aliphatic carbocycles. The molecule has 140 valence electrons. The number of fused-ring (bicyclic) bond motifs is 3. The van der Waals surface area contributed by atoms with Crippen LogP contribution in [-0.2, 0) is 13.1 Å². The van der Waals surface area contributed by atoms with Gasteiger partial charge in [0.1, 0.15) is 23.6 Å². The number of carbonyl (C=O) groups excluding carboxylic acids is 1. The van der Waals surface area contributed by atoms with E-state index in [1.807, 2.05) is 0 Å². The molecule has 4 rings (SSSR count). The summed E-state index contributed by atoms with van der Waals surface area (Å²) in [7, 11) is 1.68. The standard InChI is InChI=1S/C19H20FN5O2/c1-3-6-21-8-13-9-22-18(27-13)17-16-10-24(2)19(26)14-7-12(20)4-5-15(14)25(16)11-23-17/h4-5,7,9,11,21H,3,6,8,10H2,1-2H3. The SMILES string of the molecule is CCCNCc1cnc(-c2ncn3c2CN(C)C(=O)c2cc(F)ccc2-3)o1. The number of imidazole rings is 1. The highest BCUT2D eigenvalue weighted by Crippen LogP contribution is 2.30. The molecule has 1 aliphatic rings. The van der Waals surface area contributed by atoms with E-state index in [0.29, 0.717) is 35.9 Å². The van der Waals surface area contributed by atoms with Crippen LogP contribution in [0.4, 0.5) is 4.39 Å². The van der Waals surface area contributed by atoms with E-state index in [1.165, 1.54) is 17.0 Å². The zero-order chi connectivity index (χ0) is 19.0. The summed E-state index contributed by atoms with van der Waals surface area (Å²) in [5.74, 6) is 0.441. The Morgan fingerprint density at radius 1 is 1.33 bits per heavy atom. The number of nitrogens with one attached hydrogen (secondary N) is 1. The van der Waals surface area contributed by atoms with Gasteiger partial charge in [0.25, 0.3) is 5.91 Å². The number of oxazole rings is 1. The van der Waals surface area contributed by atoms with Crippen LogP contribution >= 0.6 is 0 Å². The highest BCUT2D eigenvalue weighted by molar-refractivity contribution is 5.98. The van der Waals surface area contributed by atoms with Crippen LogP contribution in [0, 0.1) is 5.82 Å². The van der Waals surface area contributed by atoms with E-state index < -0.39 is 5.82 Å². The molecule has 3 heterocycles. The number of aromatic nitrogens is 3. The van der Waals surface area contributed by atoms with Gasteiger partial charge in [-0.25, -0.2) is 14.4 Å². The van der Waals surface area contributed by atoms with E-state index in [2.05, 4.69) is 22.2 Å². The monoisotopic (exact) mass is 369 g/mol. The van der Waals surface area contributed by atoms with Crippen LogP contribution in [0.15, 0.2) is 35.1 Å². The minimum atomic E-state index is -0.448. The third-order valence-corrected chi connectivity index (χ3v) is 4.53. The van der Waals surface area contributed by atoms with Crippen LogP contribution in [-0.4, -0.2) is 38.9 Å². The predicted octanol–water partition coefficient (Wildman–Crippen LogP) is 2.75. The van der Waals surface area contributed by atoms with Crippen molar-refractivity contribution in [1.29, 1.82) is 0 Å². The average Bonchev–Trinajstić information content (AvgIpc) is 3.26. The maximum Gasteiger partial charge on any atom is 0.256 e. The number of hydrogen-bond donors (Lipinski definition) is 1. The van der Waals surface area contributed by atoms with Gasteiger partial charge in [-0.15, -0.1) is 0 Å². The highest BCUT2D eigenvalue weighted by Gasteiger charge is 2.28. The molecule has 3 aromatic rings. The molecular weight excluding hydrogens is 349 g/mol. The van der Waals surface area contributed by atoms with Crippen LogP contribution in [0.3, 0.4) is 0 Å². The van der Waals surface area contributed by atoms with E-state index in [-0.39, 0.29) is 5.91 Å². The van der Waals surface area contributed by atoms with Crippen molar-refractivity contribution in [3.63, 3.8) is 0 Å². The van der Waals surface area contributed by atoms with Gasteiger partial charge < -0.3 is 14.6 Å². The van der Waals surface area contributed by atoms with E-state index in [9.17, 15) is 9.18 Å². The Bertz CT molecular complexity index is 994. The fourth-order valence-corrected chi connectivity index (χ4v) is 3.19. The van der Waals surface area contributed by atoms with Crippen LogP contribution in [0.1, 0.15) is 35.2 Å². The lowest BCUT2D eigenvalue weighted by Gasteiger charge is -2.14. The first-order valence-corrected chi connectivity index (χ1v) is 8.86. The third kappa shape index (κ3) is 3.12. The molecule has 0 radical (unpaired) electrons. The molecule has 1 aromatic carbocycles. The normalized spacial score (nSPS) is 13.4. The lowest BCUT2D eigenvalue weighted by molar-refractivity contribution is 0.0787. The van der Waals surface area contributed by atoms with Gasteiger partial charge >= 0.3 is 0 Å². The Morgan fingerprint density at radius 3 is 3.00 bits per heavy atom. The smallest absolute Gasteiger partial charge is 0.256 e. The summed E-state index contributed by atoms with van der Waals surface area (Å²) in [5, 5.41) is 3.27. The first-order chi connectivity index (χ1) is 13.1. The summed E-state index contributed by atoms with van der Waals surface area (Å²) in [5.41, 5.74) is 2.24. The summed E-state index contributed by atoms with van der Waals surface area (Å²) in [6, 6.07) is 4.18. The molecule has 0 bridgehead atoms. The third-order valence-electron chi connectivity index (χ3n) is 4.53. The number of benzene rings is 1. The lowest BCUT2D eigenvalue weighted by Crippen LogP contribution is -2.25. The maximum absolute atomic E-state index is 13.7. The van der Waals surface area contributed by atoms with Crippen LogP contribution in [0.5, 0.6) is 0 Å². The average molecular weight is 369 g/mol. The highest BCUT2D eigenvalue weighted by atomic mass is 19.1. The summed E-state index contributed by atoms with van der Waals surface area (Å²) >= 11 is 0. The Kier molecular flexibility index (Phi) is 4.49. The van der Waals surface area contributed by atoms with Crippen molar-refractivity contribution in [3.05, 3.63) is 53.6 Å². The molecule has 0 saturated carbocycles. The van der Waals surface area contributed by atoms with Gasteiger partial charge in [-0.3, -0.25) is 9.36 Å². The minimum absolute atomic E-state index is 0.240. The van der Waals surface area contributed by atoms with Crippen molar-refractivity contribution in [2.24, 2.45) is 0 Å².